The highest BCUT2D eigenvalue weighted by Crippen LogP contribution is 2.32. The van der Waals surface area contributed by atoms with Gasteiger partial charge in [-0.1, -0.05) is 55.3 Å². The van der Waals surface area contributed by atoms with Crippen LogP contribution in [-0.2, 0) is 13.5 Å². The van der Waals surface area contributed by atoms with E-state index in [0.29, 0.717) is 22.3 Å². The number of carboxylic acids is 1. The molecule has 31 heavy (non-hydrogen) atoms. The van der Waals surface area contributed by atoms with Gasteiger partial charge in [0, 0.05) is 11.6 Å². The number of aromatic nitrogens is 2. The number of fused-ring (bicyclic) bond motifs is 1. The molecule has 0 aliphatic rings. The van der Waals surface area contributed by atoms with Crippen molar-refractivity contribution in [2.24, 2.45) is 7.05 Å². The van der Waals surface area contributed by atoms with Crippen LogP contribution in [0.3, 0.4) is 0 Å². The number of halogens is 1. The van der Waals surface area contributed by atoms with E-state index in [1.54, 1.807) is 19.1 Å². The zero-order chi connectivity index (χ0) is 22.1. The third-order valence-corrected chi connectivity index (χ3v) is 5.76. The molecule has 0 unspecified atom stereocenters. The summed E-state index contributed by atoms with van der Waals surface area (Å²) in [6, 6.07) is 17.9. The molecule has 0 aliphatic carbocycles. The monoisotopic (exact) mass is 435 g/mol. The molecule has 0 fully saturated rings. The Morgan fingerprint density at radius 2 is 1.87 bits per heavy atom. The van der Waals surface area contributed by atoms with Crippen molar-refractivity contribution in [1.82, 2.24) is 4.98 Å². The second-order valence-corrected chi connectivity index (χ2v) is 8.08. The van der Waals surface area contributed by atoms with Gasteiger partial charge < -0.3 is 9.84 Å². The Balaban J connectivity index is 1.71. The normalized spacial score (nSPS) is 11.1. The number of carbonyl (C=O) groups is 1. The van der Waals surface area contributed by atoms with E-state index in [1.807, 2.05) is 23.7 Å². The van der Waals surface area contributed by atoms with Crippen molar-refractivity contribution < 1.29 is 19.2 Å². The van der Waals surface area contributed by atoms with Crippen LogP contribution in [0.2, 0.25) is 5.02 Å². The highest BCUT2D eigenvalue weighted by molar-refractivity contribution is 6.34. The number of nitrogens with zero attached hydrogens (tertiary/aromatic N) is 1. The first kappa shape index (κ1) is 20.9. The molecule has 6 heteroatoms. The average Bonchev–Trinajstić information content (AvgIpc) is 3.04. The zero-order valence-corrected chi connectivity index (χ0v) is 18.5. The average molecular weight is 436 g/mol. The largest absolute Gasteiger partial charge is 0.478 e. The minimum Gasteiger partial charge on any atom is -0.478 e. The van der Waals surface area contributed by atoms with E-state index in [-0.39, 0.29) is 5.56 Å². The maximum absolute atomic E-state index is 11.4. The Morgan fingerprint density at radius 3 is 2.55 bits per heavy atom. The molecule has 1 heterocycles. The number of hydrogen-bond donors (Lipinski definition) is 2. The van der Waals surface area contributed by atoms with Gasteiger partial charge in [0.25, 0.3) is 0 Å². The number of hydrogen-bond acceptors (Lipinski definition) is 2. The molecular formula is C25H24ClN2O3+. The lowest BCUT2D eigenvalue weighted by molar-refractivity contribution is -0.649. The van der Waals surface area contributed by atoms with Crippen LogP contribution in [-0.4, -0.2) is 16.1 Å². The predicted octanol–water partition coefficient (Wildman–Crippen LogP) is 6.06. The fourth-order valence-corrected chi connectivity index (χ4v) is 3.98. The number of aromatic carboxylic acids is 1. The van der Waals surface area contributed by atoms with Crippen molar-refractivity contribution in [3.8, 4) is 22.9 Å². The third kappa shape index (κ3) is 4.14. The fraction of sp³-hybridized carbons (Fsp3) is 0.200. The summed E-state index contributed by atoms with van der Waals surface area (Å²) in [5.41, 5.74) is 5.97. The molecule has 1 aromatic heterocycles. The minimum atomic E-state index is -0.981. The second-order valence-electron chi connectivity index (χ2n) is 7.67. The Morgan fingerprint density at radius 1 is 1.13 bits per heavy atom. The maximum atomic E-state index is 11.4. The van der Waals surface area contributed by atoms with E-state index in [0.717, 1.165) is 35.0 Å². The summed E-state index contributed by atoms with van der Waals surface area (Å²) in [4.78, 5) is 14.6. The van der Waals surface area contributed by atoms with Crippen LogP contribution in [0, 0.1) is 6.92 Å². The Labute approximate surface area is 185 Å². The number of rotatable bonds is 6. The third-order valence-electron chi connectivity index (χ3n) is 5.45. The van der Waals surface area contributed by atoms with Crippen molar-refractivity contribution in [3.63, 3.8) is 0 Å². The number of carboxylic acid groups (broad SMARTS) is 1. The van der Waals surface area contributed by atoms with Crippen molar-refractivity contribution >= 4 is 28.6 Å². The molecular weight excluding hydrogens is 412 g/mol. The summed E-state index contributed by atoms with van der Waals surface area (Å²) < 4.78 is 7.86. The summed E-state index contributed by atoms with van der Waals surface area (Å²) in [6.45, 7) is 3.93. The molecule has 158 valence electrons. The maximum Gasteiger partial charge on any atom is 0.460 e. The molecule has 5 nitrogen and oxygen atoms in total. The zero-order valence-electron chi connectivity index (χ0n) is 17.7. The summed E-state index contributed by atoms with van der Waals surface area (Å²) in [5, 5.41) is 10.0. The van der Waals surface area contributed by atoms with Gasteiger partial charge in [-0.05, 0) is 48.2 Å². The van der Waals surface area contributed by atoms with Gasteiger partial charge >= 0.3 is 12.0 Å². The summed E-state index contributed by atoms with van der Waals surface area (Å²) in [5.74, 6) is -0.534. The van der Waals surface area contributed by atoms with Gasteiger partial charge in [-0.2, -0.15) is 4.57 Å². The lowest BCUT2D eigenvalue weighted by atomic mass is 10.0. The van der Waals surface area contributed by atoms with Gasteiger partial charge in [-0.25, -0.2) is 9.78 Å². The fourth-order valence-electron chi connectivity index (χ4n) is 3.71. The topological polar surface area (TPSA) is 66.2 Å². The standard InChI is InChI=1S/C25H23ClN2O3/c1-4-5-16-7-9-17(10-8-16)20-13-23-22(14-21(20)26)27-25(28(23)3)31-18-11-6-15(2)19(12-18)24(29)30/h6-14H,4-5H2,1-3H3,(H,29,30)/p+1. The van der Waals surface area contributed by atoms with Crippen LogP contribution in [0.4, 0.5) is 0 Å². The number of nitrogens with one attached hydrogen (secondary N) is 1. The van der Waals surface area contributed by atoms with Crippen molar-refractivity contribution in [3.05, 3.63) is 76.3 Å². The van der Waals surface area contributed by atoms with Gasteiger partial charge in [0.2, 0.25) is 0 Å². The van der Waals surface area contributed by atoms with Gasteiger partial charge in [0.1, 0.15) is 5.75 Å². The molecule has 0 bridgehead atoms. The molecule has 4 rings (SSSR count). The first-order valence-corrected chi connectivity index (χ1v) is 10.6. The number of H-pyrrole nitrogens is 1. The van der Waals surface area contributed by atoms with Crippen molar-refractivity contribution in [2.45, 2.75) is 26.7 Å². The number of aryl methyl sites for hydroxylation is 3. The molecule has 0 aliphatic heterocycles. The van der Waals surface area contributed by atoms with Crippen LogP contribution in [0.25, 0.3) is 22.2 Å². The number of imidazole rings is 1. The summed E-state index contributed by atoms with van der Waals surface area (Å²) in [7, 11) is 1.89. The molecule has 0 radical (unpaired) electrons. The summed E-state index contributed by atoms with van der Waals surface area (Å²) in [6.07, 6.45) is 2.17. The SMILES string of the molecule is CCCc1ccc(-c2cc3c(cc2Cl)[nH]c(Oc2ccc(C)c(C(=O)O)c2)[n+]3C)cc1. The first-order chi connectivity index (χ1) is 14.9. The highest BCUT2D eigenvalue weighted by atomic mass is 35.5. The van der Waals surface area contributed by atoms with E-state index in [9.17, 15) is 9.90 Å². The van der Waals surface area contributed by atoms with Crippen LogP contribution in [0.5, 0.6) is 11.8 Å². The van der Waals surface area contributed by atoms with E-state index >= 15 is 0 Å². The Hall–Kier alpha value is -3.31. The number of aromatic amines is 1. The predicted molar refractivity (Wildman–Crippen MR) is 122 cm³/mol. The lowest BCUT2D eigenvalue weighted by Crippen LogP contribution is -2.28. The molecule has 0 spiro atoms. The van der Waals surface area contributed by atoms with Gasteiger partial charge in [-0.3, -0.25) is 0 Å². The first-order valence-electron chi connectivity index (χ1n) is 10.2. The molecule has 0 saturated heterocycles. The van der Waals surface area contributed by atoms with Gasteiger partial charge in [0.15, 0.2) is 11.0 Å². The van der Waals surface area contributed by atoms with Gasteiger partial charge in [-0.15, -0.1) is 0 Å². The molecule has 4 aromatic rings. The number of benzene rings is 3. The van der Waals surface area contributed by atoms with Crippen LogP contribution < -0.4 is 9.30 Å². The second kappa shape index (κ2) is 8.44. The Bertz CT molecular complexity index is 1280. The molecule has 0 saturated carbocycles. The van der Waals surface area contributed by atoms with Crippen molar-refractivity contribution in [2.75, 3.05) is 0 Å². The van der Waals surface area contributed by atoms with E-state index in [1.165, 1.54) is 11.6 Å². The summed E-state index contributed by atoms with van der Waals surface area (Å²) >= 11 is 6.60. The quantitative estimate of drug-likeness (QED) is 0.361. The van der Waals surface area contributed by atoms with Crippen LogP contribution in [0.1, 0.15) is 34.8 Å². The highest BCUT2D eigenvalue weighted by Gasteiger charge is 2.21. The van der Waals surface area contributed by atoms with Crippen LogP contribution in [0.15, 0.2) is 54.6 Å². The minimum absolute atomic E-state index is 0.216. The molecule has 0 atom stereocenters. The van der Waals surface area contributed by atoms with Crippen LogP contribution >= 0.6 is 11.6 Å². The molecule has 3 aromatic carbocycles. The molecule has 0 amide bonds. The van der Waals surface area contributed by atoms with E-state index < -0.39 is 5.97 Å². The van der Waals surface area contributed by atoms with E-state index in [4.69, 9.17) is 16.3 Å². The Kier molecular flexibility index (Phi) is 5.70. The smallest absolute Gasteiger partial charge is 0.460 e. The lowest BCUT2D eigenvalue weighted by Gasteiger charge is -2.06. The van der Waals surface area contributed by atoms with E-state index in [2.05, 4.69) is 36.2 Å². The van der Waals surface area contributed by atoms with Crippen molar-refractivity contribution in [1.29, 1.82) is 0 Å². The molecule has 2 N–H and O–H groups in total. The van der Waals surface area contributed by atoms with Gasteiger partial charge in [0.05, 0.1) is 17.6 Å². The number of ether oxygens (including phenoxy) is 1.